The fourth-order valence-electron chi connectivity index (χ4n) is 4.46. The monoisotopic (exact) mass is 442 g/mol. The summed E-state index contributed by atoms with van der Waals surface area (Å²) in [5.74, 6) is -4.01. The minimum Gasteiger partial charge on any atom is -0.342 e. The first-order valence-corrected chi connectivity index (χ1v) is 10.5. The second-order valence-electron chi connectivity index (χ2n) is 9.48. The summed E-state index contributed by atoms with van der Waals surface area (Å²) in [6.45, 7) is 2.00. The molecule has 2 amide bonds. The van der Waals surface area contributed by atoms with Gasteiger partial charge in [-0.3, -0.25) is 9.59 Å². The Labute approximate surface area is 171 Å². The number of rotatable bonds is 6. The molecule has 0 spiro atoms. The Morgan fingerprint density at radius 1 is 0.600 bits per heavy atom. The lowest BCUT2D eigenvalue weighted by atomic mass is 9.80. The minimum absolute atomic E-state index is 0.175. The number of amides is 2. The van der Waals surface area contributed by atoms with E-state index < -0.39 is 58.9 Å². The molecule has 0 radical (unpaired) electrons. The van der Waals surface area contributed by atoms with Gasteiger partial charge in [-0.2, -0.15) is 26.3 Å². The molecule has 2 N–H and O–H groups in total. The largest absolute Gasteiger partial charge is 0.411 e. The third-order valence-electron chi connectivity index (χ3n) is 7.20. The first-order chi connectivity index (χ1) is 13.7. The van der Waals surface area contributed by atoms with Crippen molar-refractivity contribution in [2.24, 2.45) is 23.7 Å². The van der Waals surface area contributed by atoms with Gasteiger partial charge in [-0.05, 0) is 77.0 Å². The van der Waals surface area contributed by atoms with Gasteiger partial charge in [0.05, 0.1) is 0 Å². The normalized spacial score (nSPS) is 29.5. The molecule has 0 bridgehead atoms. The van der Waals surface area contributed by atoms with Crippen LogP contribution >= 0.6 is 0 Å². The van der Waals surface area contributed by atoms with Crippen molar-refractivity contribution < 1.29 is 35.9 Å². The minimum atomic E-state index is -4.56. The predicted molar refractivity (Wildman–Crippen MR) is 96.1 cm³/mol. The van der Waals surface area contributed by atoms with E-state index in [0.717, 1.165) is 13.8 Å². The maximum absolute atomic E-state index is 13.5. The summed E-state index contributed by atoms with van der Waals surface area (Å²) in [5, 5.41) is 4.35. The van der Waals surface area contributed by atoms with Gasteiger partial charge in [-0.25, -0.2) is 0 Å². The molecule has 10 heteroatoms. The zero-order valence-corrected chi connectivity index (χ0v) is 17.1. The van der Waals surface area contributed by atoms with E-state index in [0.29, 0.717) is 25.7 Å². The van der Waals surface area contributed by atoms with Crippen molar-refractivity contribution in [2.75, 3.05) is 0 Å². The summed E-state index contributed by atoms with van der Waals surface area (Å²) >= 11 is 0. The maximum atomic E-state index is 13.5. The topological polar surface area (TPSA) is 58.2 Å². The molecule has 3 rings (SSSR count). The van der Waals surface area contributed by atoms with Crippen molar-refractivity contribution in [1.82, 2.24) is 10.6 Å². The van der Waals surface area contributed by atoms with Crippen molar-refractivity contribution in [1.29, 1.82) is 0 Å². The van der Waals surface area contributed by atoms with E-state index in [1.165, 1.54) is 0 Å². The zero-order chi connectivity index (χ0) is 22.5. The Morgan fingerprint density at radius 2 is 0.867 bits per heavy atom. The number of nitrogens with one attached hydrogen (secondary N) is 2. The Hall–Kier alpha value is -1.48. The van der Waals surface area contributed by atoms with Crippen LogP contribution in [0.2, 0.25) is 0 Å². The number of carbonyl (C=O) groups excluding carboxylic acids is 2. The fraction of sp³-hybridized carbons (Fsp3) is 0.900. The Kier molecular flexibility index (Phi) is 5.86. The molecule has 30 heavy (non-hydrogen) atoms. The average molecular weight is 442 g/mol. The molecule has 2 atom stereocenters. The third kappa shape index (κ3) is 4.42. The highest BCUT2D eigenvalue weighted by molar-refractivity contribution is 5.82. The van der Waals surface area contributed by atoms with Gasteiger partial charge in [0.15, 0.2) is 0 Å². The molecule has 0 aromatic carbocycles. The number of hydrogen-bond donors (Lipinski definition) is 2. The zero-order valence-electron chi connectivity index (χ0n) is 17.1. The molecule has 0 aliphatic heterocycles. The van der Waals surface area contributed by atoms with Crippen LogP contribution in [-0.4, -0.2) is 35.2 Å². The van der Waals surface area contributed by atoms with Gasteiger partial charge in [0.1, 0.15) is 11.1 Å². The standard InChI is InChI=1S/C20H28F6N2O2/c1-17(13-7-8-13,19(21,22)23)27-15(29)11-3-5-12(6-4-11)16(30)28-18(2,14-9-10-14)20(24,25)26/h11-14H,3-10H2,1-2H3,(H,27,29)(H,28,30). The first kappa shape index (κ1) is 23.2. The number of hydrogen-bond acceptors (Lipinski definition) is 2. The lowest BCUT2D eigenvalue weighted by Crippen LogP contribution is -2.60. The highest BCUT2D eigenvalue weighted by atomic mass is 19.4. The van der Waals surface area contributed by atoms with E-state index in [9.17, 15) is 35.9 Å². The Morgan fingerprint density at radius 3 is 1.07 bits per heavy atom. The molecule has 0 saturated heterocycles. The molecule has 0 aromatic rings. The van der Waals surface area contributed by atoms with Gasteiger partial charge in [-0.1, -0.05) is 0 Å². The Balaban J connectivity index is 1.55. The third-order valence-corrected chi connectivity index (χ3v) is 7.20. The lowest BCUT2D eigenvalue weighted by Gasteiger charge is -2.37. The van der Waals surface area contributed by atoms with Gasteiger partial charge >= 0.3 is 12.4 Å². The lowest BCUT2D eigenvalue weighted by molar-refractivity contribution is -0.201. The van der Waals surface area contributed by atoms with Gasteiger partial charge in [-0.15, -0.1) is 0 Å². The number of alkyl halides is 6. The quantitative estimate of drug-likeness (QED) is 0.596. The van der Waals surface area contributed by atoms with Gasteiger partial charge in [0.25, 0.3) is 0 Å². The molecule has 3 aliphatic carbocycles. The van der Waals surface area contributed by atoms with Crippen molar-refractivity contribution in [3.8, 4) is 0 Å². The molecule has 172 valence electrons. The van der Waals surface area contributed by atoms with Crippen LogP contribution in [0.5, 0.6) is 0 Å². The van der Waals surface area contributed by atoms with Crippen LogP contribution in [0.3, 0.4) is 0 Å². The molecule has 3 saturated carbocycles. The molecule has 3 fully saturated rings. The number of halogens is 6. The van der Waals surface area contributed by atoms with E-state index in [-0.39, 0.29) is 25.7 Å². The predicted octanol–water partition coefficient (Wildman–Crippen LogP) is 4.49. The van der Waals surface area contributed by atoms with E-state index in [1.54, 1.807) is 0 Å². The van der Waals surface area contributed by atoms with Crippen LogP contribution in [-0.2, 0) is 9.59 Å². The first-order valence-electron chi connectivity index (χ1n) is 10.5. The van der Waals surface area contributed by atoms with E-state index >= 15 is 0 Å². The highest BCUT2D eigenvalue weighted by Gasteiger charge is 2.61. The van der Waals surface area contributed by atoms with Crippen LogP contribution in [0.4, 0.5) is 26.3 Å². The highest BCUT2D eigenvalue weighted by Crippen LogP contribution is 2.49. The van der Waals surface area contributed by atoms with E-state index in [2.05, 4.69) is 10.6 Å². The molecular weight excluding hydrogens is 414 g/mol. The molecular formula is C20H28F6N2O2. The van der Waals surface area contributed by atoms with Crippen LogP contribution in [0.25, 0.3) is 0 Å². The summed E-state index contributed by atoms with van der Waals surface area (Å²) in [4.78, 5) is 24.9. The number of carbonyl (C=O) groups is 2. The van der Waals surface area contributed by atoms with Crippen LogP contribution in [0, 0.1) is 23.7 Å². The van der Waals surface area contributed by atoms with E-state index in [1.807, 2.05) is 0 Å². The molecule has 0 heterocycles. The molecule has 3 aliphatic rings. The summed E-state index contributed by atoms with van der Waals surface area (Å²) in [6, 6.07) is 0. The van der Waals surface area contributed by atoms with Crippen molar-refractivity contribution in [3.63, 3.8) is 0 Å². The summed E-state index contributed by atoms with van der Waals surface area (Å²) in [7, 11) is 0. The van der Waals surface area contributed by atoms with Crippen molar-refractivity contribution >= 4 is 11.8 Å². The second-order valence-corrected chi connectivity index (χ2v) is 9.48. The molecule has 4 nitrogen and oxygen atoms in total. The average Bonchev–Trinajstić information content (AvgIpc) is 3.51. The van der Waals surface area contributed by atoms with Crippen LogP contribution in [0.15, 0.2) is 0 Å². The van der Waals surface area contributed by atoms with Gasteiger partial charge in [0.2, 0.25) is 11.8 Å². The summed E-state index contributed by atoms with van der Waals surface area (Å²) in [6.07, 6.45) is -6.81. The molecule has 0 aromatic heterocycles. The van der Waals surface area contributed by atoms with Gasteiger partial charge < -0.3 is 10.6 Å². The fourth-order valence-corrected chi connectivity index (χ4v) is 4.46. The smallest absolute Gasteiger partial charge is 0.342 e. The van der Waals surface area contributed by atoms with Crippen molar-refractivity contribution in [3.05, 3.63) is 0 Å². The van der Waals surface area contributed by atoms with E-state index in [4.69, 9.17) is 0 Å². The summed E-state index contributed by atoms with van der Waals surface area (Å²) < 4.78 is 80.7. The van der Waals surface area contributed by atoms with Crippen molar-refractivity contribution in [2.45, 2.75) is 88.6 Å². The Bertz CT molecular complexity index is 620. The van der Waals surface area contributed by atoms with Crippen LogP contribution < -0.4 is 10.6 Å². The maximum Gasteiger partial charge on any atom is 0.411 e. The summed E-state index contributed by atoms with van der Waals surface area (Å²) in [5.41, 5.74) is -4.53. The van der Waals surface area contributed by atoms with Crippen LogP contribution in [0.1, 0.15) is 65.2 Å². The second kappa shape index (κ2) is 7.58. The SMILES string of the molecule is CC(NC(=O)C1CCC(C(=O)NC(C)(C2CC2)C(F)(F)F)CC1)(C1CC1)C(F)(F)F. The van der Waals surface area contributed by atoms with Gasteiger partial charge in [0, 0.05) is 11.8 Å². The molecule has 2 unspecified atom stereocenters.